The third kappa shape index (κ3) is 9.89. The molecule has 44 heavy (non-hydrogen) atoms. The molecule has 0 aliphatic carbocycles. The minimum absolute atomic E-state index is 0.0430. The van der Waals surface area contributed by atoms with E-state index in [2.05, 4.69) is 15.4 Å². The Balaban J connectivity index is 2.22. The number of nitrogens with zero attached hydrogens (tertiary/aromatic N) is 1. The van der Waals surface area contributed by atoms with Crippen molar-refractivity contribution in [1.29, 1.82) is 0 Å². The largest absolute Gasteiger partial charge is 0.342 e. The van der Waals surface area contributed by atoms with Gasteiger partial charge in [-0.25, -0.2) is 8.42 Å². The lowest BCUT2D eigenvalue weighted by Gasteiger charge is -2.40. The van der Waals surface area contributed by atoms with E-state index in [-0.39, 0.29) is 35.9 Å². The summed E-state index contributed by atoms with van der Waals surface area (Å²) >= 11 is 0. The molecule has 0 aromatic heterocycles. The van der Waals surface area contributed by atoms with E-state index in [0.29, 0.717) is 5.56 Å². The van der Waals surface area contributed by atoms with Crippen LogP contribution in [0.1, 0.15) is 72.9 Å². The summed E-state index contributed by atoms with van der Waals surface area (Å²) in [4.78, 5) is 42.4. The van der Waals surface area contributed by atoms with Crippen molar-refractivity contribution >= 4 is 27.7 Å². The van der Waals surface area contributed by atoms with E-state index in [4.69, 9.17) is 0 Å². The summed E-state index contributed by atoms with van der Waals surface area (Å²) in [6.07, 6.45) is 0.248. The van der Waals surface area contributed by atoms with Gasteiger partial charge in [-0.05, 0) is 35.9 Å². The molecule has 2 rings (SSSR count). The van der Waals surface area contributed by atoms with Gasteiger partial charge in [0.1, 0.15) is 6.04 Å². The quantitative estimate of drug-likeness (QED) is 0.288. The molecule has 3 N–H and O–H groups in total. The zero-order chi connectivity index (χ0) is 33.5. The van der Waals surface area contributed by atoms with Crippen LogP contribution >= 0.6 is 0 Å². The molecule has 2 aromatic carbocycles. The molecule has 9 nitrogen and oxygen atoms in total. The molecule has 0 bridgehead atoms. The van der Waals surface area contributed by atoms with Crippen LogP contribution in [0.2, 0.25) is 0 Å². The number of amides is 3. The Labute approximate surface area is 264 Å². The topological polar surface area (TPSA) is 125 Å². The Bertz CT molecular complexity index is 1360. The Hall–Kier alpha value is -3.24. The van der Waals surface area contributed by atoms with E-state index in [1.165, 1.54) is 0 Å². The lowest BCUT2D eigenvalue weighted by atomic mass is 9.76. The maximum Gasteiger partial charge on any atom is 0.245 e. The number of sulfonamides is 1. The van der Waals surface area contributed by atoms with Crippen LogP contribution < -0.4 is 15.4 Å². The van der Waals surface area contributed by atoms with E-state index in [0.717, 1.165) is 5.56 Å². The van der Waals surface area contributed by atoms with Gasteiger partial charge in [0.05, 0.1) is 11.8 Å². The number of carbonyl (C=O) groups excluding carboxylic acids is 3. The third-order valence-corrected chi connectivity index (χ3v) is 9.53. The number of nitrogens with one attached hydrogen (secondary N) is 3. The zero-order valence-corrected chi connectivity index (χ0v) is 28.8. The molecule has 2 aromatic rings. The molecule has 0 aliphatic heterocycles. The maximum atomic E-state index is 14.1. The van der Waals surface area contributed by atoms with Gasteiger partial charge in [-0.15, -0.1) is 0 Å². The van der Waals surface area contributed by atoms with Crippen molar-refractivity contribution in [3.05, 3.63) is 71.8 Å². The van der Waals surface area contributed by atoms with E-state index < -0.39 is 44.8 Å². The first-order valence-corrected chi connectivity index (χ1v) is 16.8. The number of carbonyl (C=O) groups is 3. The van der Waals surface area contributed by atoms with Crippen molar-refractivity contribution in [3.8, 4) is 0 Å². The smallest absolute Gasteiger partial charge is 0.245 e. The minimum atomic E-state index is -3.89. The molecular formula is C34H52N4O5S. The highest BCUT2D eigenvalue weighted by molar-refractivity contribution is 7.89. The van der Waals surface area contributed by atoms with Crippen molar-refractivity contribution < 1.29 is 22.8 Å². The first-order chi connectivity index (χ1) is 20.3. The fraction of sp³-hybridized carbons (Fsp3) is 0.559. The van der Waals surface area contributed by atoms with Crippen molar-refractivity contribution in [1.82, 2.24) is 20.3 Å². The first kappa shape index (κ1) is 36.9. The van der Waals surface area contributed by atoms with Crippen molar-refractivity contribution in [3.63, 3.8) is 0 Å². The Morgan fingerprint density at radius 3 is 1.82 bits per heavy atom. The number of likely N-dealkylation sites (N-methyl/N-ethyl adjacent to an activating group) is 2. The second kappa shape index (κ2) is 15.2. The van der Waals surface area contributed by atoms with Crippen molar-refractivity contribution in [2.45, 2.75) is 91.1 Å². The average molecular weight is 629 g/mol. The van der Waals surface area contributed by atoms with Gasteiger partial charge in [0.2, 0.25) is 27.7 Å². The molecule has 244 valence electrons. The Morgan fingerprint density at radius 1 is 0.818 bits per heavy atom. The van der Waals surface area contributed by atoms with Gasteiger partial charge in [-0.3, -0.25) is 19.1 Å². The number of hydrogen-bond acceptors (Lipinski definition) is 6. The fourth-order valence-corrected chi connectivity index (χ4v) is 6.74. The predicted octanol–water partition coefficient (Wildman–Crippen LogP) is 4.24. The van der Waals surface area contributed by atoms with E-state index >= 15 is 0 Å². The van der Waals surface area contributed by atoms with Gasteiger partial charge in [0, 0.05) is 24.4 Å². The molecule has 0 radical (unpaired) electrons. The predicted molar refractivity (Wildman–Crippen MR) is 176 cm³/mol. The molecule has 4 atom stereocenters. The lowest BCUT2D eigenvalue weighted by molar-refractivity contribution is -0.142. The summed E-state index contributed by atoms with van der Waals surface area (Å²) in [6, 6.07) is 16.6. The molecule has 0 saturated heterocycles. The highest BCUT2D eigenvalue weighted by Gasteiger charge is 2.42. The van der Waals surface area contributed by atoms with Crippen molar-refractivity contribution in [2.75, 3.05) is 14.1 Å². The molecule has 0 aliphatic rings. The molecule has 0 saturated carbocycles. The van der Waals surface area contributed by atoms with Crippen LogP contribution in [0, 0.1) is 17.3 Å². The van der Waals surface area contributed by atoms with E-state index in [1.54, 1.807) is 56.3 Å². The normalized spacial score (nSPS) is 15.2. The van der Waals surface area contributed by atoms with E-state index in [1.807, 2.05) is 78.8 Å². The standard InChI is InChI=1S/C34H52N4O5S/c1-23(2)27(21-24(3)30(39)37-44(42,43)22-25-17-13-11-14-18-25)38(10)32(41)29(33(4,5)6)36-31(40)28(35-9)34(7,8)26-19-15-12-16-20-26/h11-20,23-24,27-29,35H,21-22H2,1-10H3,(H,36,40)(H,37,39)/t24?,27?,28-,29-/m1/s1. The van der Waals surface area contributed by atoms with Gasteiger partial charge < -0.3 is 15.5 Å². The summed E-state index contributed by atoms with van der Waals surface area (Å²) in [7, 11) is -0.483. The molecule has 0 heterocycles. The minimum Gasteiger partial charge on any atom is -0.342 e. The average Bonchev–Trinajstić information content (AvgIpc) is 2.93. The van der Waals surface area contributed by atoms with Gasteiger partial charge >= 0.3 is 0 Å². The second-order valence-electron chi connectivity index (χ2n) is 13.7. The molecule has 2 unspecified atom stereocenters. The van der Waals surface area contributed by atoms with Crippen LogP contribution in [-0.4, -0.2) is 63.3 Å². The van der Waals surface area contributed by atoms with E-state index in [9.17, 15) is 22.8 Å². The van der Waals surface area contributed by atoms with Crippen LogP contribution in [0.5, 0.6) is 0 Å². The number of hydrogen-bond donors (Lipinski definition) is 3. The Kier molecular flexibility index (Phi) is 12.7. The van der Waals surface area contributed by atoms with Crippen LogP contribution in [-0.2, 0) is 35.6 Å². The van der Waals surface area contributed by atoms with Gasteiger partial charge in [0.15, 0.2) is 0 Å². The molecule has 0 fully saturated rings. The Morgan fingerprint density at radius 2 is 1.34 bits per heavy atom. The van der Waals surface area contributed by atoms with Gasteiger partial charge in [-0.1, -0.05) is 116 Å². The molecule has 3 amide bonds. The monoisotopic (exact) mass is 628 g/mol. The molecular weight excluding hydrogens is 576 g/mol. The second-order valence-corrected chi connectivity index (χ2v) is 15.4. The lowest BCUT2D eigenvalue weighted by Crippen LogP contribution is -2.61. The van der Waals surface area contributed by atoms with Gasteiger partial charge in [-0.2, -0.15) is 0 Å². The summed E-state index contributed by atoms with van der Waals surface area (Å²) in [6.45, 7) is 15.3. The third-order valence-electron chi connectivity index (χ3n) is 8.30. The summed E-state index contributed by atoms with van der Waals surface area (Å²) in [5, 5.41) is 6.19. The summed E-state index contributed by atoms with van der Waals surface area (Å²) in [5.41, 5.74) is 0.380. The van der Waals surface area contributed by atoms with Crippen LogP contribution in [0.4, 0.5) is 0 Å². The number of benzene rings is 2. The van der Waals surface area contributed by atoms with Crippen molar-refractivity contribution in [2.24, 2.45) is 17.3 Å². The van der Waals surface area contributed by atoms with Gasteiger partial charge in [0.25, 0.3) is 0 Å². The number of rotatable bonds is 14. The molecule has 0 spiro atoms. The highest BCUT2D eigenvalue weighted by Crippen LogP contribution is 2.29. The first-order valence-electron chi connectivity index (χ1n) is 15.2. The highest BCUT2D eigenvalue weighted by atomic mass is 32.2. The van der Waals surface area contributed by atoms with Crippen LogP contribution in [0.15, 0.2) is 60.7 Å². The maximum absolute atomic E-state index is 14.1. The zero-order valence-electron chi connectivity index (χ0n) is 28.0. The summed E-state index contributed by atoms with van der Waals surface area (Å²) in [5.74, 6) is -2.22. The SMILES string of the molecule is CN[C@H](C(=O)N[C@H](C(=O)N(C)C(CC(C)C(=O)NS(=O)(=O)Cc1ccccc1)C(C)C)C(C)(C)C)C(C)(C)c1ccccc1. The molecule has 10 heteroatoms. The van der Waals surface area contributed by atoms with Crippen LogP contribution in [0.25, 0.3) is 0 Å². The van der Waals surface area contributed by atoms with Crippen LogP contribution in [0.3, 0.4) is 0 Å². The summed E-state index contributed by atoms with van der Waals surface area (Å²) < 4.78 is 27.6. The fourth-order valence-electron chi connectivity index (χ4n) is 5.53.